The molecule has 1 aliphatic carbocycles. The maximum atomic E-state index is 14.7. The third-order valence-corrected chi connectivity index (χ3v) is 11.1. The Hall–Kier alpha value is -5.51. The first kappa shape index (κ1) is 44.6. The minimum Gasteiger partial charge on any atom is -0.493 e. The van der Waals surface area contributed by atoms with Crippen molar-refractivity contribution in [2.45, 2.75) is 102 Å². The summed E-state index contributed by atoms with van der Waals surface area (Å²) in [6.45, 7) is 2.26. The number of amides is 7. The molecule has 2 aromatic carbocycles. The highest BCUT2D eigenvalue weighted by molar-refractivity contribution is 6.38. The molecule has 4 bridgehead atoms. The first-order chi connectivity index (χ1) is 28.4. The minimum absolute atomic E-state index is 0.0930. The summed E-state index contributed by atoms with van der Waals surface area (Å²) >= 11 is 0. The summed E-state index contributed by atoms with van der Waals surface area (Å²) in [6, 6.07) is 11.5. The van der Waals surface area contributed by atoms with Crippen LogP contribution < -0.4 is 26.0 Å². The molecule has 2 heterocycles. The largest absolute Gasteiger partial charge is 0.493 e. The predicted octanol–water partition coefficient (Wildman–Crippen LogP) is 2.46. The average molecular weight is 818 g/mol. The zero-order chi connectivity index (χ0) is 42.5. The summed E-state index contributed by atoms with van der Waals surface area (Å²) in [5.74, 6) is -3.62. The van der Waals surface area contributed by atoms with Crippen LogP contribution in [0.25, 0.3) is 0 Å². The molecule has 16 heteroatoms. The molecule has 2 aromatic rings. The van der Waals surface area contributed by atoms with Crippen molar-refractivity contribution in [3.8, 4) is 5.75 Å². The Morgan fingerprint density at radius 3 is 2.39 bits per heavy atom. The van der Waals surface area contributed by atoms with Crippen molar-refractivity contribution in [2.24, 2.45) is 5.92 Å². The molecule has 0 radical (unpaired) electrons. The van der Waals surface area contributed by atoms with E-state index in [1.54, 1.807) is 58.4 Å². The first-order valence-electron chi connectivity index (χ1n) is 20.7. The fraction of sp³-hybridized carbons (Fsp3) is 0.558. The van der Waals surface area contributed by atoms with Crippen LogP contribution in [0.1, 0.15) is 81.9 Å². The lowest BCUT2D eigenvalue weighted by atomic mass is 9.83. The second-order valence-corrected chi connectivity index (χ2v) is 15.8. The molecule has 5 rings (SSSR count). The van der Waals surface area contributed by atoms with E-state index in [2.05, 4.69) is 21.3 Å². The van der Waals surface area contributed by atoms with Gasteiger partial charge in [0.1, 0.15) is 23.9 Å². The van der Waals surface area contributed by atoms with Gasteiger partial charge in [-0.2, -0.15) is 0 Å². The number of carbonyl (C=O) groups excluding carboxylic acids is 7. The van der Waals surface area contributed by atoms with Crippen molar-refractivity contribution in [2.75, 3.05) is 47.4 Å². The smallest absolute Gasteiger partial charge is 0.318 e. The Labute approximate surface area is 346 Å². The Kier molecular flexibility index (Phi) is 16.2. The Morgan fingerprint density at radius 1 is 0.932 bits per heavy atom. The van der Waals surface area contributed by atoms with Crippen LogP contribution in [0.3, 0.4) is 0 Å². The standard InChI is InChI=1S/C43H59N7O9/c1-5-14-33(38(52)40(54)44-25-35(51)46-36(41(55)48(2)3)29-16-8-6-9-17-29)45-39(53)34-24-32-27-50(34)42(56)37(30-18-10-7-11-19-30)47-43(57)49(4)26-28-15-12-20-31(23-28)58-21-13-22-59-32/h6,8-9,12,15-17,20,23,30,32-34,36-37H,5,7,10-11,13-14,18-19,21-22,24-27H2,1-4H3,(H,44,54)(H,45,53)(H,46,51)(H,47,57)/t32-,33-,34+,36+,37+/m1/s1. The number of ether oxygens (including phenoxy) is 2. The minimum atomic E-state index is -1.25. The van der Waals surface area contributed by atoms with Crippen LogP contribution in [-0.2, 0) is 40.0 Å². The van der Waals surface area contributed by atoms with Crippen molar-refractivity contribution in [3.63, 3.8) is 0 Å². The van der Waals surface area contributed by atoms with Gasteiger partial charge in [0, 0.05) is 47.1 Å². The van der Waals surface area contributed by atoms with E-state index >= 15 is 0 Å². The van der Waals surface area contributed by atoms with Gasteiger partial charge in [0.15, 0.2) is 0 Å². The van der Waals surface area contributed by atoms with Gasteiger partial charge in [-0.1, -0.05) is 75.1 Å². The molecule has 0 unspecified atom stereocenters. The van der Waals surface area contributed by atoms with Gasteiger partial charge in [0.2, 0.25) is 29.4 Å². The summed E-state index contributed by atoms with van der Waals surface area (Å²) in [5.41, 5.74) is 1.41. The van der Waals surface area contributed by atoms with Gasteiger partial charge in [0.05, 0.1) is 31.9 Å². The molecule has 1 saturated heterocycles. The molecule has 2 aliphatic heterocycles. The maximum Gasteiger partial charge on any atom is 0.318 e. The van der Waals surface area contributed by atoms with E-state index in [0.29, 0.717) is 37.4 Å². The zero-order valence-corrected chi connectivity index (χ0v) is 34.6. The van der Waals surface area contributed by atoms with E-state index in [9.17, 15) is 33.6 Å². The van der Waals surface area contributed by atoms with Gasteiger partial charge in [-0.3, -0.25) is 28.8 Å². The molecule has 4 N–H and O–H groups in total. The molecular weight excluding hydrogens is 759 g/mol. The molecule has 0 spiro atoms. The quantitative estimate of drug-likeness (QED) is 0.233. The second kappa shape index (κ2) is 21.5. The number of benzene rings is 2. The zero-order valence-electron chi connectivity index (χ0n) is 34.6. The van der Waals surface area contributed by atoms with E-state index < -0.39 is 72.3 Å². The van der Waals surface area contributed by atoms with Gasteiger partial charge in [0.25, 0.3) is 5.91 Å². The lowest BCUT2D eigenvalue weighted by Crippen LogP contribution is -2.59. The van der Waals surface area contributed by atoms with Crippen LogP contribution in [0, 0.1) is 5.92 Å². The van der Waals surface area contributed by atoms with Crippen LogP contribution in [-0.4, -0.2) is 128 Å². The molecule has 59 heavy (non-hydrogen) atoms. The molecular formula is C43H59N7O9. The molecule has 16 nitrogen and oxygen atoms in total. The normalized spacial score (nSPS) is 21.5. The Bertz CT molecular complexity index is 1800. The molecule has 5 atom stereocenters. The molecule has 3 aliphatic rings. The van der Waals surface area contributed by atoms with E-state index in [-0.39, 0.29) is 37.8 Å². The number of nitrogens with zero attached hydrogens (tertiary/aromatic N) is 3. The highest BCUT2D eigenvalue weighted by Crippen LogP contribution is 2.30. The second-order valence-electron chi connectivity index (χ2n) is 15.8. The predicted molar refractivity (Wildman–Crippen MR) is 218 cm³/mol. The summed E-state index contributed by atoms with van der Waals surface area (Å²) < 4.78 is 12.1. The third-order valence-electron chi connectivity index (χ3n) is 11.1. The number of hydrogen-bond acceptors (Lipinski definition) is 9. The number of ketones is 1. The van der Waals surface area contributed by atoms with Crippen molar-refractivity contribution in [3.05, 3.63) is 65.7 Å². The molecule has 2 fully saturated rings. The summed E-state index contributed by atoms with van der Waals surface area (Å²) in [7, 11) is 4.78. The first-order valence-corrected chi connectivity index (χ1v) is 20.7. The number of nitrogens with one attached hydrogen (secondary N) is 4. The SMILES string of the molecule is CCC[C@@H](NC(=O)[C@@H]1C[C@@H]2CN1C(=O)[C@H](C1CCCCC1)NC(=O)N(C)Cc1cccc(c1)OCCCO2)C(=O)C(=O)NCC(=O)N[C@H](C(=O)N(C)C)c1ccccc1. The number of urea groups is 1. The monoisotopic (exact) mass is 817 g/mol. The van der Waals surface area contributed by atoms with E-state index in [1.165, 1.54) is 14.7 Å². The number of Topliss-reactive ketones (excluding diaryl/α,β-unsaturated/α-hetero) is 1. The Morgan fingerprint density at radius 2 is 1.68 bits per heavy atom. The number of carbonyl (C=O) groups is 7. The van der Waals surface area contributed by atoms with Crippen LogP contribution in [0.5, 0.6) is 5.75 Å². The van der Waals surface area contributed by atoms with Gasteiger partial charge in [-0.15, -0.1) is 0 Å². The third kappa shape index (κ3) is 12.3. The van der Waals surface area contributed by atoms with Gasteiger partial charge < -0.3 is 45.4 Å². The highest BCUT2D eigenvalue weighted by atomic mass is 16.5. The maximum absolute atomic E-state index is 14.7. The van der Waals surface area contributed by atoms with E-state index in [0.717, 1.165) is 37.7 Å². The van der Waals surface area contributed by atoms with Crippen LogP contribution in [0.4, 0.5) is 4.79 Å². The fourth-order valence-electron chi connectivity index (χ4n) is 7.89. The average Bonchev–Trinajstić information content (AvgIpc) is 3.67. The summed E-state index contributed by atoms with van der Waals surface area (Å²) in [4.78, 5) is 99.4. The van der Waals surface area contributed by atoms with Gasteiger partial charge >= 0.3 is 6.03 Å². The van der Waals surface area contributed by atoms with E-state index in [4.69, 9.17) is 9.47 Å². The number of rotatable bonds is 12. The van der Waals surface area contributed by atoms with E-state index in [1.807, 2.05) is 24.3 Å². The lowest BCUT2D eigenvalue weighted by molar-refractivity contribution is -0.143. The summed E-state index contributed by atoms with van der Waals surface area (Å²) in [6.07, 6.45) is 5.06. The van der Waals surface area contributed by atoms with Crippen LogP contribution >= 0.6 is 0 Å². The van der Waals surface area contributed by atoms with Crippen molar-refractivity contribution in [1.29, 1.82) is 0 Å². The molecule has 320 valence electrons. The van der Waals surface area contributed by atoms with Crippen molar-refractivity contribution < 1.29 is 43.0 Å². The van der Waals surface area contributed by atoms with Gasteiger partial charge in [-0.05, 0) is 48.4 Å². The molecule has 0 aromatic heterocycles. The number of likely N-dealkylation sites (N-methyl/N-ethyl adjacent to an activating group) is 1. The van der Waals surface area contributed by atoms with Crippen molar-refractivity contribution in [1.82, 2.24) is 36.0 Å². The van der Waals surface area contributed by atoms with Crippen LogP contribution in [0.2, 0.25) is 0 Å². The van der Waals surface area contributed by atoms with Gasteiger partial charge in [-0.25, -0.2) is 4.79 Å². The number of fused-ring (bicyclic) bond motifs is 4. The summed E-state index contributed by atoms with van der Waals surface area (Å²) in [5, 5.41) is 10.7. The topological polar surface area (TPSA) is 196 Å². The highest BCUT2D eigenvalue weighted by Gasteiger charge is 2.45. The molecule has 7 amide bonds. The molecule has 1 saturated carbocycles. The van der Waals surface area contributed by atoms with Crippen molar-refractivity contribution >= 4 is 41.4 Å². The fourth-order valence-corrected chi connectivity index (χ4v) is 7.89. The lowest BCUT2D eigenvalue weighted by Gasteiger charge is -2.35. The van der Waals surface area contributed by atoms with Crippen LogP contribution in [0.15, 0.2) is 54.6 Å². The Balaban J connectivity index is 1.29. The number of hydrogen-bond donors (Lipinski definition) is 4.